The lowest BCUT2D eigenvalue weighted by Gasteiger charge is -2.07. The number of hydrogen-bond donors (Lipinski definition) is 1. The van der Waals surface area contributed by atoms with Crippen LogP contribution in [0.1, 0.15) is 12.0 Å². The number of aryl methyl sites for hydroxylation is 1. The topological polar surface area (TPSA) is 61.0 Å². The van der Waals surface area contributed by atoms with E-state index in [1.807, 2.05) is 6.07 Å². The van der Waals surface area contributed by atoms with Gasteiger partial charge in [0.2, 0.25) is 0 Å². The molecule has 0 heterocycles. The first-order valence-corrected chi connectivity index (χ1v) is 5.07. The molecule has 0 atom stereocenters. The second kappa shape index (κ2) is 6.90. The van der Waals surface area contributed by atoms with Crippen LogP contribution >= 0.6 is 23.2 Å². The number of halogens is 2. The van der Waals surface area contributed by atoms with Crippen molar-refractivity contribution in [2.24, 2.45) is 0 Å². The van der Waals surface area contributed by atoms with Crippen LogP contribution in [0, 0.1) is 0 Å². The van der Waals surface area contributed by atoms with E-state index in [9.17, 15) is 0 Å². The molecule has 5 heteroatoms. The van der Waals surface area contributed by atoms with Crippen LogP contribution in [0.2, 0.25) is 10.0 Å². The number of aliphatic hydroxyl groups excluding tert-OH is 1. The first-order chi connectivity index (χ1) is 6.69. The van der Waals surface area contributed by atoms with Gasteiger partial charge in [-0.2, -0.15) is 0 Å². The minimum atomic E-state index is 0. The van der Waals surface area contributed by atoms with E-state index in [4.69, 9.17) is 33.0 Å². The molecule has 0 saturated heterocycles. The molecular weight excluding hydrogens is 239 g/mol. The Bertz CT molecular complexity index is 316. The Morgan fingerprint density at radius 3 is 2.53 bits per heavy atom. The predicted molar refractivity (Wildman–Crippen MR) is 62.0 cm³/mol. The molecule has 0 aromatic heterocycles. The van der Waals surface area contributed by atoms with Crippen LogP contribution in [0.25, 0.3) is 0 Å². The molecule has 0 radical (unpaired) electrons. The van der Waals surface area contributed by atoms with Gasteiger partial charge in [0.25, 0.3) is 0 Å². The number of benzene rings is 1. The van der Waals surface area contributed by atoms with E-state index < -0.39 is 0 Å². The number of hydrogen-bond acceptors (Lipinski definition) is 2. The fraction of sp³-hybridized carbons (Fsp3) is 0.400. The van der Waals surface area contributed by atoms with Gasteiger partial charge < -0.3 is 15.3 Å². The second-order valence-corrected chi connectivity index (χ2v) is 3.71. The van der Waals surface area contributed by atoms with Crippen molar-refractivity contribution in [2.75, 3.05) is 13.7 Å². The molecule has 0 aliphatic heterocycles. The summed E-state index contributed by atoms with van der Waals surface area (Å²) in [5, 5.41) is 9.61. The van der Waals surface area contributed by atoms with Gasteiger partial charge in [-0.1, -0.05) is 23.2 Å². The van der Waals surface area contributed by atoms with E-state index in [1.165, 1.54) is 0 Å². The number of methoxy groups -OCH3 is 1. The van der Waals surface area contributed by atoms with Crippen LogP contribution in [0.3, 0.4) is 0 Å². The molecule has 3 nitrogen and oxygen atoms in total. The molecule has 0 bridgehead atoms. The molecule has 1 aromatic rings. The SMILES string of the molecule is COc1cc(CCCO)cc(Cl)c1Cl.O. The van der Waals surface area contributed by atoms with Crippen molar-refractivity contribution in [1.29, 1.82) is 0 Å². The zero-order valence-electron chi connectivity index (χ0n) is 8.39. The van der Waals surface area contributed by atoms with Gasteiger partial charge in [-0.25, -0.2) is 0 Å². The van der Waals surface area contributed by atoms with Gasteiger partial charge in [-0.05, 0) is 30.5 Å². The Morgan fingerprint density at radius 2 is 2.00 bits per heavy atom. The third-order valence-corrected chi connectivity index (χ3v) is 2.68. The van der Waals surface area contributed by atoms with Gasteiger partial charge in [0.15, 0.2) is 0 Å². The smallest absolute Gasteiger partial charge is 0.139 e. The lowest BCUT2D eigenvalue weighted by atomic mass is 10.1. The van der Waals surface area contributed by atoms with Crippen LogP contribution in [-0.2, 0) is 6.42 Å². The standard InChI is InChI=1S/C10H12Cl2O2.H2O/c1-14-9-6-7(3-2-4-13)5-8(11)10(9)12;/h5-6,13H,2-4H2,1H3;1H2. The zero-order valence-corrected chi connectivity index (χ0v) is 9.90. The molecule has 0 saturated carbocycles. The molecule has 1 rings (SSSR count). The highest BCUT2D eigenvalue weighted by atomic mass is 35.5. The maximum Gasteiger partial charge on any atom is 0.139 e. The molecule has 0 unspecified atom stereocenters. The number of rotatable bonds is 4. The van der Waals surface area contributed by atoms with E-state index in [0.717, 1.165) is 12.0 Å². The summed E-state index contributed by atoms with van der Waals surface area (Å²) in [5.74, 6) is 0.576. The van der Waals surface area contributed by atoms with Gasteiger partial charge >= 0.3 is 0 Å². The zero-order chi connectivity index (χ0) is 10.6. The summed E-state index contributed by atoms with van der Waals surface area (Å²) in [5.41, 5.74) is 1.02. The monoisotopic (exact) mass is 252 g/mol. The average molecular weight is 253 g/mol. The van der Waals surface area contributed by atoms with E-state index in [0.29, 0.717) is 22.2 Å². The van der Waals surface area contributed by atoms with Crippen molar-refractivity contribution in [1.82, 2.24) is 0 Å². The van der Waals surface area contributed by atoms with Crippen LogP contribution in [-0.4, -0.2) is 24.3 Å². The summed E-state index contributed by atoms with van der Waals surface area (Å²) in [4.78, 5) is 0. The quantitative estimate of drug-likeness (QED) is 0.893. The molecule has 0 spiro atoms. The van der Waals surface area contributed by atoms with Crippen molar-refractivity contribution < 1.29 is 15.3 Å². The van der Waals surface area contributed by atoms with Gasteiger partial charge in [0.1, 0.15) is 10.8 Å². The third kappa shape index (κ3) is 3.87. The molecule has 3 N–H and O–H groups in total. The van der Waals surface area contributed by atoms with Gasteiger partial charge in [-0.3, -0.25) is 0 Å². The second-order valence-electron chi connectivity index (χ2n) is 2.92. The van der Waals surface area contributed by atoms with Crippen molar-refractivity contribution in [3.05, 3.63) is 27.7 Å². The summed E-state index contributed by atoms with van der Waals surface area (Å²) in [6.07, 6.45) is 1.48. The van der Waals surface area contributed by atoms with Crippen LogP contribution in [0.15, 0.2) is 12.1 Å². The highest BCUT2D eigenvalue weighted by Gasteiger charge is 2.07. The fourth-order valence-electron chi connectivity index (χ4n) is 1.19. The van der Waals surface area contributed by atoms with E-state index in [2.05, 4.69) is 0 Å². The summed E-state index contributed by atoms with van der Waals surface area (Å²) in [6, 6.07) is 3.63. The summed E-state index contributed by atoms with van der Waals surface area (Å²) < 4.78 is 5.07. The highest BCUT2D eigenvalue weighted by Crippen LogP contribution is 2.33. The highest BCUT2D eigenvalue weighted by molar-refractivity contribution is 6.43. The van der Waals surface area contributed by atoms with E-state index in [-0.39, 0.29) is 12.1 Å². The minimum Gasteiger partial charge on any atom is -0.495 e. The van der Waals surface area contributed by atoms with E-state index >= 15 is 0 Å². The molecule has 1 aromatic carbocycles. The van der Waals surface area contributed by atoms with Crippen LogP contribution in [0.4, 0.5) is 0 Å². The molecule has 0 fully saturated rings. The number of aliphatic hydroxyl groups is 1. The van der Waals surface area contributed by atoms with E-state index in [1.54, 1.807) is 13.2 Å². The Labute approximate surface area is 98.9 Å². The normalized spacial score (nSPS) is 9.60. The van der Waals surface area contributed by atoms with Crippen molar-refractivity contribution in [2.45, 2.75) is 12.8 Å². The Morgan fingerprint density at radius 1 is 1.33 bits per heavy atom. The Hall–Kier alpha value is -0.480. The Kier molecular flexibility index (Phi) is 6.68. The first kappa shape index (κ1) is 14.5. The molecule has 86 valence electrons. The van der Waals surface area contributed by atoms with Crippen molar-refractivity contribution in [3.8, 4) is 5.75 Å². The lowest BCUT2D eigenvalue weighted by Crippen LogP contribution is -1.92. The minimum absolute atomic E-state index is 0. The molecule has 0 amide bonds. The maximum absolute atomic E-state index is 8.69. The lowest BCUT2D eigenvalue weighted by molar-refractivity contribution is 0.288. The number of ether oxygens (including phenoxy) is 1. The molecule has 15 heavy (non-hydrogen) atoms. The van der Waals surface area contributed by atoms with Crippen LogP contribution < -0.4 is 4.74 Å². The largest absolute Gasteiger partial charge is 0.495 e. The molecule has 0 aliphatic rings. The fourth-order valence-corrected chi connectivity index (χ4v) is 1.61. The first-order valence-electron chi connectivity index (χ1n) is 4.31. The average Bonchev–Trinajstić information content (AvgIpc) is 2.19. The predicted octanol–water partition coefficient (Wildman–Crippen LogP) is 2.10. The summed E-state index contributed by atoms with van der Waals surface area (Å²) >= 11 is 11.8. The summed E-state index contributed by atoms with van der Waals surface area (Å²) in [6.45, 7) is 0.169. The van der Waals surface area contributed by atoms with Gasteiger partial charge in [0, 0.05) is 6.61 Å². The van der Waals surface area contributed by atoms with Gasteiger partial charge in [0.05, 0.1) is 12.1 Å². The van der Waals surface area contributed by atoms with Gasteiger partial charge in [-0.15, -0.1) is 0 Å². The molecular formula is C10H14Cl2O3. The third-order valence-electron chi connectivity index (χ3n) is 1.90. The van der Waals surface area contributed by atoms with Crippen molar-refractivity contribution in [3.63, 3.8) is 0 Å². The van der Waals surface area contributed by atoms with Crippen molar-refractivity contribution >= 4 is 23.2 Å². The Balaban J connectivity index is 0.00000196. The van der Waals surface area contributed by atoms with Crippen LogP contribution in [0.5, 0.6) is 5.75 Å². The maximum atomic E-state index is 8.69. The summed E-state index contributed by atoms with van der Waals surface area (Å²) in [7, 11) is 1.55. The molecule has 0 aliphatic carbocycles.